The van der Waals surface area contributed by atoms with E-state index in [1.54, 1.807) is 24.3 Å². The van der Waals surface area contributed by atoms with E-state index in [1.165, 1.54) is 0 Å². The lowest BCUT2D eigenvalue weighted by Crippen LogP contribution is -2.45. The molecule has 0 heterocycles. The fourth-order valence-electron chi connectivity index (χ4n) is 2.40. The maximum Gasteiger partial charge on any atom is 0.240 e. The molecule has 1 atom stereocenters. The Morgan fingerprint density at radius 3 is 2.46 bits per heavy atom. The highest BCUT2D eigenvalue weighted by Gasteiger charge is 2.18. The van der Waals surface area contributed by atoms with E-state index in [1.807, 2.05) is 36.4 Å². The molecule has 0 spiro atoms. The van der Waals surface area contributed by atoms with Gasteiger partial charge in [0.15, 0.2) is 0 Å². The summed E-state index contributed by atoms with van der Waals surface area (Å²) in [5, 5.41) is 11.6. The van der Waals surface area contributed by atoms with Crippen LogP contribution in [0.2, 0.25) is 0 Å². The first kappa shape index (κ1) is 17.2. The molecule has 0 aliphatic rings. The van der Waals surface area contributed by atoms with Gasteiger partial charge in [-0.05, 0) is 29.7 Å². The van der Waals surface area contributed by atoms with Gasteiger partial charge in [-0.2, -0.15) is 5.26 Å². The molecule has 2 rings (SSSR count). The van der Waals surface area contributed by atoms with E-state index in [-0.39, 0.29) is 18.7 Å². The molecule has 0 saturated heterocycles. The Morgan fingerprint density at radius 1 is 1.08 bits per heavy atom. The molecular weight excluding hydrogens is 302 g/mol. The minimum Gasteiger partial charge on any atom is -0.368 e. The van der Waals surface area contributed by atoms with Gasteiger partial charge in [-0.3, -0.25) is 9.59 Å². The van der Waals surface area contributed by atoms with Gasteiger partial charge in [0.1, 0.15) is 6.04 Å². The highest BCUT2D eigenvalue weighted by atomic mass is 16.2. The summed E-state index contributed by atoms with van der Waals surface area (Å²) in [6, 6.07) is 17.8. The van der Waals surface area contributed by atoms with Crippen LogP contribution in [0.1, 0.15) is 23.1 Å². The number of carbonyl (C=O) groups is 2. The summed E-state index contributed by atoms with van der Waals surface area (Å²) in [6.45, 7) is 0. The summed E-state index contributed by atoms with van der Waals surface area (Å²) < 4.78 is 0. The molecule has 5 nitrogen and oxygen atoms in total. The average molecular weight is 321 g/mol. The average Bonchev–Trinajstić information content (AvgIpc) is 2.60. The monoisotopic (exact) mass is 321 g/mol. The first-order valence-electron chi connectivity index (χ1n) is 7.70. The topological polar surface area (TPSA) is 96.0 Å². The van der Waals surface area contributed by atoms with Crippen molar-refractivity contribution >= 4 is 11.8 Å². The maximum absolute atomic E-state index is 12.1. The number of rotatable bonds is 7. The molecule has 0 aromatic heterocycles. The van der Waals surface area contributed by atoms with E-state index in [9.17, 15) is 9.59 Å². The minimum absolute atomic E-state index is 0.223. The van der Waals surface area contributed by atoms with Crippen molar-refractivity contribution in [1.29, 1.82) is 5.26 Å². The number of nitriles is 1. The van der Waals surface area contributed by atoms with Crippen molar-refractivity contribution in [1.82, 2.24) is 5.32 Å². The summed E-state index contributed by atoms with van der Waals surface area (Å²) in [6.07, 6.45) is 1.15. The molecule has 2 amide bonds. The second-order valence-corrected chi connectivity index (χ2v) is 5.52. The van der Waals surface area contributed by atoms with Crippen LogP contribution in [0, 0.1) is 11.3 Å². The second-order valence-electron chi connectivity index (χ2n) is 5.52. The largest absolute Gasteiger partial charge is 0.368 e. The predicted octanol–water partition coefficient (Wildman–Crippen LogP) is 1.70. The van der Waals surface area contributed by atoms with Crippen molar-refractivity contribution in [3.8, 4) is 6.07 Å². The van der Waals surface area contributed by atoms with Gasteiger partial charge in [-0.25, -0.2) is 0 Å². The zero-order valence-corrected chi connectivity index (χ0v) is 13.2. The highest BCUT2D eigenvalue weighted by molar-refractivity contribution is 5.86. The molecule has 122 valence electrons. The van der Waals surface area contributed by atoms with Gasteiger partial charge in [-0.1, -0.05) is 42.5 Å². The maximum atomic E-state index is 12.1. The molecule has 0 aliphatic carbocycles. The molecule has 2 aromatic rings. The van der Waals surface area contributed by atoms with Crippen LogP contribution in [0.15, 0.2) is 54.6 Å². The lowest BCUT2D eigenvalue weighted by atomic mass is 10.0. The Hall–Kier alpha value is -3.13. The molecule has 2 aromatic carbocycles. The van der Waals surface area contributed by atoms with Crippen LogP contribution in [0.3, 0.4) is 0 Å². The molecule has 3 N–H and O–H groups in total. The second kappa shape index (κ2) is 8.49. The minimum atomic E-state index is -0.790. The van der Waals surface area contributed by atoms with Crippen LogP contribution < -0.4 is 11.1 Å². The number of carbonyl (C=O) groups excluding carboxylic acids is 2. The van der Waals surface area contributed by atoms with Crippen LogP contribution >= 0.6 is 0 Å². The molecule has 0 radical (unpaired) electrons. The number of aryl methyl sites for hydroxylation is 1. The van der Waals surface area contributed by atoms with Crippen molar-refractivity contribution in [2.24, 2.45) is 5.73 Å². The van der Waals surface area contributed by atoms with Crippen molar-refractivity contribution in [2.45, 2.75) is 25.3 Å². The van der Waals surface area contributed by atoms with Gasteiger partial charge in [0.25, 0.3) is 0 Å². The zero-order valence-electron chi connectivity index (χ0n) is 13.2. The lowest BCUT2D eigenvalue weighted by Gasteiger charge is -2.16. The standard InChI is InChI=1S/C19H19N3O2/c20-13-16-8-4-7-15(11-16)12-17(19(21)24)22-18(23)10-9-14-5-2-1-3-6-14/h1-8,11,17H,9-10,12H2,(H2,21,24)(H,22,23)/t17-/m1/s1. The quantitative estimate of drug-likeness (QED) is 0.812. The first-order valence-corrected chi connectivity index (χ1v) is 7.70. The van der Waals surface area contributed by atoms with E-state index in [0.717, 1.165) is 11.1 Å². The summed E-state index contributed by atoms with van der Waals surface area (Å²) >= 11 is 0. The van der Waals surface area contributed by atoms with Crippen molar-refractivity contribution in [3.63, 3.8) is 0 Å². The Labute approximate surface area is 141 Å². The number of nitrogens with zero attached hydrogens (tertiary/aromatic N) is 1. The number of hydrogen-bond acceptors (Lipinski definition) is 3. The Morgan fingerprint density at radius 2 is 1.79 bits per heavy atom. The van der Waals surface area contributed by atoms with Gasteiger partial charge in [0, 0.05) is 12.8 Å². The fourth-order valence-corrected chi connectivity index (χ4v) is 2.40. The number of hydrogen-bond donors (Lipinski definition) is 2. The van der Waals surface area contributed by atoms with E-state index in [2.05, 4.69) is 5.32 Å². The van der Waals surface area contributed by atoms with Gasteiger partial charge in [0.2, 0.25) is 11.8 Å². The number of primary amides is 1. The lowest BCUT2D eigenvalue weighted by molar-refractivity contribution is -0.127. The molecule has 0 unspecified atom stereocenters. The molecule has 24 heavy (non-hydrogen) atoms. The normalized spacial score (nSPS) is 11.3. The molecule has 0 saturated carbocycles. The van der Waals surface area contributed by atoms with Crippen LogP contribution in [0.5, 0.6) is 0 Å². The Balaban J connectivity index is 1.94. The van der Waals surface area contributed by atoms with Gasteiger partial charge >= 0.3 is 0 Å². The van der Waals surface area contributed by atoms with Gasteiger partial charge < -0.3 is 11.1 Å². The predicted molar refractivity (Wildman–Crippen MR) is 90.7 cm³/mol. The van der Waals surface area contributed by atoms with E-state index in [4.69, 9.17) is 11.0 Å². The number of amides is 2. The van der Waals surface area contributed by atoms with E-state index in [0.29, 0.717) is 12.0 Å². The van der Waals surface area contributed by atoms with Crippen molar-refractivity contribution in [3.05, 3.63) is 71.3 Å². The van der Waals surface area contributed by atoms with Crippen molar-refractivity contribution in [2.75, 3.05) is 0 Å². The fraction of sp³-hybridized carbons (Fsp3) is 0.211. The number of nitrogens with one attached hydrogen (secondary N) is 1. The third kappa shape index (κ3) is 5.25. The summed E-state index contributed by atoms with van der Waals surface area (Å²) in [5.74, 6) is -0.815. The summed E-state index contributed by atoms with van der Waals surface area (Å²) in [4.78, 5) is 23.7. The highest BCUT2D eigenvalue weighted by Crippen LogP contribution is 2.08. The Bertz CT molecular complexity index is 751. The molecule has 5 heteroatoms. The molecule has 0 aliphatic heterocycles. The van der Waals surface area contributed by atoms with Crippen LogP contribution in [0.25, 0.3) is 0 Å². The summed E-state index contributed by atoms with van der Waals surface area (Å²) in [5.41, 5.74) is 7.74. The smallest absolute Gasteiger partial charge is 0.240 e. The third-order valence-corrected chi connectivity index (χ3v) is 3.66. The van der Waals surface area contributed by atoms with Gasteiger partial charge in [0.05, 0.1) is 11.6 Å². The third-order valence-electron chi connectivity index (χ3n) is 3.66. The Kier molecular flexibility index (Phi) is 6.09. The van der Waals surface area contributed by atoms with E-state index >= 15 is 0 Å². The SMILES string of the molecule is N#Cc1cccc(C[C@@H](NC(=O)CCc2ccccc2)C(N)=O)c1. The van der Waals surface area contributed by atoms with E-state index < -0.39 is 11.9 Å². The number of nitrogens with two attached hydrogens (primary N) is 1. The molecular formula is C19H19N3O2. The molecule has 0 fully saturated rings. The molecule has 0 bridgehead atoms. The van der Waals surface area contributed by atoms with Crippen LogP contribution in [0.4, 0.5) is 0 Å². The zero-order chi connectivity index (χ0) is 17.4. The van der Waals surface area contributed by atoms with Gasteiger partial charge in [-0.15, -0.1) is 0 Å². The first-order chi connectivity index (χ1) is 11.6. The number of benzene rings is 2. The van der Waals surface area contributed by atoms with Crippen LogP contribution in [-0.4, -0.2) is 17.9 Å². The summed E-state index contributed by atoms with van der Waals surface area (Å²) in [7, 11) is 0. The van der Waals surface area contributed by atoms with Crippen LogP contribution in [-0.2, 0) is 22.4 Å². The van der Waals surface area contributed by atoms with Crippen molar-refractivity contribution < 1.29 is 9.59 Å².